The monoisotopic (exact) mass is 488 g/mol. The third-order valence-electron chi connectivity index (χ3n) is 5.35. The summed E-state index contributed by atoms with van der Waals surface area (Å²) in [6.45, 7) is 4.63. The lowest BCUT2D eigenvalue weighted by Crippen LogP contribution is -2.11. The van der Waals surface area contributed by atoms with Gasteiger partial charge >= 0.3 is 12.4 Å². The molecule has 3 rings (SSSR count). The van der Waals surface area contributed by atoms with Gasteiger partial charge in [-0.15, -0.1) is 0 Å². The van der Waals surface area contributed by atoms with E-state index >= 15 is 0 Å². The van der Waals surface area contributed by atoms with E-state index in [1.807, 2.05) is 0 Å². The Morgan fingerprint density at radius 3 is 2.12 bits per heavy atom. The molecule has 0 saturated carbocycles. The van der Waals surface area contributed by atoms with E-state index in [1.54, 1.807) is 32.0 Å². The van der Waals surface area contributed by atoms with Crippen LogP contribution in [0.5, 0.6) is 11.5 Å². The predicted octanol–water partition coefficient (Wildman–Crippen LogP) is 6.95. The average molecular weight is 488 g/mol. The van der Waals surface area contributed by atoms with Crippen molar-refractivity contribution in [1.29, 1.82) is 0 Å². The first-order valence-corrected chi connectivity index (χ1v) is 10.9. The summed E-state index contributed by atoms with van der Waals surface area (Å²) in [5.74, 6) is 0.852. The van der Waals surface area contributed by atoms with Gasteiger partial charge < -0.3 is 20.2 Å². The summed E-state index contributed by atoms with van der Waals surface area (Å²) >= 11 is 0. The zero-order valence-corrected chi connectivity index (χ0v) is 18.8. The number of aryl methyl sites for hydroxylation is 1. The number of rotatable bonds is 9. The minimum Gasteiger partial charge on any atom is -0.490 e. The Morgan fingerprint density at radius 1 is 0.853 bits per heavy atom. The molecular formula is C24H26F6N2O2. The molecule has 4 nitrogen and oxygen atoms in total. The lowest BCUT2D eigenvalue weighted by Gasteiger charge is -2.15. The van der Waals surface area contributed by atoms with Crippen LogP contribution >= 0.6 is 0 Å². The Bertz CT molecular complexity index is 1140. The number of nitrogens with two attached hydrogens (primary N) is 1. The molecular weight excluding hydrogens is 462 g/mol. The summed E-state index contributed by atoms with van der Waals surface area (Å²) in [6, 6.07) is 5.78. The number of hydrogen-bond donors (Lipinski definition) is 2. The number of H-pyrrole nitrogens is 1. The van der Waals surface area contributed by atoms with Gasteiger partial charge in [0.25, 0.3) is 0 Å². The Balaban J connectivity index is 2.31. The van der Waals surface area contributed by atoms with Gasteiger partial charge in [-0.25, -0.2) is 0 Å². The standard InChI is InChI=1S/C24H26F6N2O2/c1-3-33-19-9-8-14(11-20(19)34-4-2)22-16(7-5-6-10-31)21-17(24(28,29)30)12-15(23(25,26)27)13-18(21)32-22/h8-9,11-13,32H,3-7,10,31H2,1-2H3. The van der Waals surface area contributed by atoms with Gasteiger partial charge in [-0.05, 0) is 75.5 Å². The Hall–Kier alpha value is -2.88. The molecule has 3 N–H and O–H groups in total. The van der Waals surface area contributed by atoms with Crippen molar-refractivity contribution in [2.75, 3.05) is 19.8 Å². The highest BCUT2D eigenvalue weighted by Crippen LogP contribution is 2.44. The minimum absolute atomic E-state index is 0.177. The number of aromatic nitrogens is 1. The highest BCUT2D eigenvalue weighted by atomic mass is 19.4. The zero-order chi connectivity index (χ0) is 25.1. The lowest BCUT2D eigenvalue weighted by atomic mass is 9.95. The number of unbranched alkanes of at least 4 members (excludes halogenated alkanes) is 1. The highest BCUT2D eigenvalue weighted by Gasteiger charge is 2.39. The van der Waals surface area contributed by atoms with Crippen LogP contribution in [0.4, 0.5) is 26.3 Å². The Morgan fingerprint density at radius 2 is 1.53 bits per heavy atom. The molecule has 2 aromatic carbocycles. The van der Waals surface area contributed by atoms with Crippen molar-refractivity contribution in [2.24, 2.45) is 5.73 Å². The largest absolute Gasteiger partial charge is 0.490 e. The quantitative estimate of drug-likeness (QED) is 0.253. The van der Waals surface area contributed by atoms with Gasteiger partial charge in [0.2, 0.25) is 0 Å². The number of fused-ring (bicyclic) bond motifs is 1. The molecule has 0 aliphatic carbocycles. The van der Waals surface area contributed by atoms with Crippen LogP contribution in [-0.4, -0.2) is 24.7 Å². The fourth-order valence-corrected chi connectivity index (χ4v) is 3.94. The molecule has 0 aliphatic rings. The van der Waals surface area contributed by atoms with E-state index in [1.165, 1.54) is 0 Å². The smallest absolute Gasteiger partial charge is 0.417 e. The van der Waals surface area contributed by atoms with E-state index in [2.05, 4.69) is 4.98 Å². The first-order chi connectivity index (χ1) is 16.0. The highest BCUT2D eigenvalue weighted by molar-refractivity contribution is 5.94. The van der Waals surface area contributed by atoms with Crippen LogP contribution in [0.2, 0.25) is 0 Å². The molecule has 34 heavy (non-hydrogen) atoms. The van der Waals surface area contributed by atoms with Crippen molar-refractivity contribution in [3.63, 3.8) is 0 Å². The topological polar surface area (TPSA) is 60.3 Å². The molecule has 0 spiro atoms. The number of hydrogen-bond acceptors (Lipinski definition) is 3. The molecule has 0 aliphatic heterocycles. The molecule has 1 heterocycles. The van der Waals surface area contributed by atoms with Crippen molar-refractivity contribution >= 4 is 10.9 Å². The molecule has 0 saturated heterocycles. The normalized spacial score (nSPS) is 12.4. The fraction of sp³-hybridized carbons (Fsp3) is 0.417. The fourth-order valence-electron chi connectivity index (χ4n) is 3.94. The second-order valence-corrected chi connectivity index (χ2v) is 7.69. The van der Waals surface area contributed by atoms with Crippen molar-refractivity contribution in [3.8, 4) is 22.8 Å². The minimum atomic E-state index is -4.98. The van der Waals surface area contributed by atoms with E-state index < -0.39 is 23.5 Å². The van der Waals surface area contributed by atoms with Crippen LogP contribution in [0.15, 0.2) is 30.3 Å². The van der Waals surface area contributed by atoms with Gasteiger partial charge in [0.1, 0.15) is 0 Å². The molecule has 10 heteroatoms. The summed E-state index contributed by atoms with van der Waals surface area (Å²) in [5, 5.41) is -0.264. The van der Waals surface area contributed by atoms with Crippen molar-refractivity contribution in [3.05, 3.63) is 47.0 Å². The molecule has 0 amide bonds. The molecule has 0 radical (unpaired) electrons. The molecule has 0 bridgehead atoms. The van der Waals surface area contributed by atoms with Gasteiger partial charge in [0.15, 0.2) is 11.5 Å². The van der Waals surface area contributed by atoms with Gasteiger partial charge in [-0.1, -0.05) is 0 Å². The van der Waals surface area contributed by atoms with Gasteiger partial charge in [0, 0.05) is 22.2 Å². The molecule has 0 fully saturated rings. The lowest BCUT2D eigenvalue weighted by molar-refractivity contribution is -0.142. The first kappa shape index (κ1) is 25.7. The summed E-state index contributed by atoms with van der Waals surface area (Å²) in [6.07, 6.45) is -8.67. The Kier molecular flexibility index (Phi) is 7.70. The van der Waals surface area contributed by atoms with Crippen LogP contribution in [-0.2, 0) is 18.8 Å². The van der Waals surface area contributed by atoms with Crippen LogP contribution in [0.25, 0.3) is 22.2 Å². The third-order valence-corrected chi connectivity index (χ3v) is 5.35. The number of benzene rings is 2. The van der Waals surface area contributed by atoms with Gasteiger partial charge in [-0.2, -0.15) is 26.3 Å². The van der Waals surface area contributed by atoms with Gasteiger partial charge in [-0.3, -0.25) is 0 Å². The number of nitrogens with one attached hydrogen (secondary N) is 1. The summed E-state index contributed by atoms with van der Waals surface area (Å²) in [7, 11) is 0. The maximum Gasteiger partial charge on any atom is 0.417 e. The molecule has 1 aromatic heterocycles. The van der Waals surface area contributed by atoms with Crippen molar-refractivity contribution in [2.45, 2.75) is 45.5 Å². The summed E-state index contributed by atoms with van der Waals surface area (Å²) in [5.41, 5.74) is 3.71. The van der Waals surface area contributed by atoms with E-state index in [-0.39, 0.29) is 29.0 Å². The number of alkyl halides is 6. The molecule has 0 atom stereocenters. The maximum absolute atomic E-state index is 13.9. The van der Waals surface area contributed by atoms with Crippen LogP contribution < -0.4 is 15.2 Å². The van der Waals surface area contributed by atoms with E-state index in [0.29, 0.717) is 55.4 Å². The Labute approximate surface area is 193 Å². The van der Waals surface area contributed by atoms with Gasteiger partial charge in [0.05, 0.1) is 24.3 Å². The van der Waals surface area contributed by atoms with E-state index in [0.717, 1.165) is 6.07 Å². The number of halogens is 6. The van der Waals surface area contributed by atoms with Crippen LogP contribution in [0, 0.1) is 0 Å². The summed E-state index contributed by atoms with van der Waals surface area (Å²) < 4.78 is 93.1. The average Bonchev–Trinajstić information content (AvgIpc) is 3.12. The first-order valence-electron chi connectivity index (χ1n) is 10.9. The number of ether oxygens (including phenoxy) is 2. The van der Waals surface area contributed by atoms with Crippen molar-refractivity contribution in [1.82, 2.24) is 4.98 Å². The van der Waals surface area contributed by atoms with Crippen LogP contribution in [0.3, 0.4) is 0 Å². The molecule has 3 aromatic rings. The molecule has 0 unspecified atom stereocenters. The van der Waals surface area contributed by atoms with Crippen molar-refractivity contribution < 1.29 is 35.8 Å². The second kappa shape index (κ2) is 10.2. The summed E-state index contributed by atoms with van der Waals surface area (Å²) in [4.78, 5) is 2.83. The zero-order valence-electron chi connectivity index (χ0n) is 18.8. The third kappa shape index (κ3) is 5.43. The predicted molar refractivity (Wildman–Crippen MR) is 118 cm³/mol. The van der Waals surface area contributed by atoms with E-state index in [4.69, 9.17) is 15.2 Å². The number of aromatic amines is 1. The second-order valence-electron chi connectivity index (χ2n) is 7.69. The van der Waals surface area contributed by atoms with E-state index in [9.17, 15) is 26.3 Å². The molecule has 186 valence electrons. The SMILES string of the molecule is CCOc1ccc(-c2[nH]c3cc(C(F)(F)F)cc(C(F)(F)F)c3c2CCCCN)cc1OCC. The maximum atomic E-state index is 13.9. The van der Waals surface area contributed by atoms with Crippen LogP contribution in [0.1, 0.15) is 43.4 Å².